The van der Waals surface area contributed by atoms with Gasteiger partial charge in [0.15, 0.2) is 11.2 Å². The molecule has 0 amide bonds. The Hall–Kier alpha value is -3.68. The van der Waals surface area contributed by atoms with Crippen LogP contribution in [0.1, 0.15) is 11.1 Å². The Balaban J connectivity index is 1.82. The molecule has 4 rings (SSSR count). The number of benzene rings is 2. The van der Waals surface area contributed by atoms with Crippen molar-refractivity contribution in [2.24, 2.45) is 14.1 Å². The zero-order valence-electron chi connectivity index (χ0n) is 17.0. The third-order valence-corrected chi connectivity index (χ3v) is 5.23. The Labute approximate surface area is 172 Å². The number of rotatable bonds is 5. The molecule has 0 aliphatic rings. The summed E-state index contributed by atoms with van der Waals surface area (Å²) in [6, 6.07) is 16.0. The summed E-state index contributed by atoms with van der Waals surface area (Å²) < 4.78 is 18.2. The summed E-state index contributed by atoms with van der Waals surface area (Å²) in [5, 5.41) is 0. The predicted molar refractivity (Wildman–Crippen MR) is 114 cm³/mol. The van der Waals surface area contributed by atoms with Gasteiger partial charge in [-0.15, -0.1) is 0 Å². The Morgan fingerprint density at radius 3 is 2.33 bits per heavy atom. The molecule has 0 saturated heterocycles. The summed E-state index contributed by atoms with van der Waals surface area (Å²) in [5.41, 5.74) is 0.935. The average molecular weight is 407 g/mol. The van der Waals surface area contributed by atoms with Gasteiger partial charge in [-0.25, -0.2) is 9.18 Å². The van der Waals surface area contributed by atoms with Crippen molar-refractivity contribution in [3.63, 3.8) is 0 Å². The number of hydrogen-bond acceptors (Lipinski definition) is 4. The highest BCUT2D eigenvalue weighted by atomic mass is 19.1. The van der Waals surface area contributed by atoms with Gasteiger partial charge in [0, 0.05) is 33.3 Å². The first-order valence-corrected chi connectivity index (χ1v) is 9.53. The predicted octanol–water partition coefficient (Wildman–Crippen LogP) is 2.26. The largest absolute Gasteiger partial charge is 0.341 e. The van der Waals surface area contributed by atoms with E-state index in [2.05, 4.69) is 4.98 Å². The topological polar surface area (TPSA) is 65.1 Å². The van der Waals surface area contributed by atoms with Crippen molar-refractivity contribution >= 4 is 17.1 Å². The first kappa shape index (κ1) is 19.6. The molecule has 0 fully saturated rings. The lowest BCUT2D eigenvalue weighted by Crippen LogP contribution is -2.40. The van der Waals surface area contributed by atoms with Gasteiger partial charge in [0.05, 0.1) is 6.54 Å². The fourth-order valence-corrected chi connectivity index (χ4v) is 3.64. The molecule has 154 valence electrons. The fourth-order valence-electron chi connectivity index (χ4n) is 3.64. The van der Waals surface area contributed by atoms with E-state index in [0.717, 1.165) is 10.1 Å². The molecular weight excluding hydrogens is 385 g/mol. The van der Waals surface area contributed by atoms with Gasteiger partial charge < -0.3 is 9.47 Å². The maximum Gasteiger partial charge on any atom is 0.332 e. The summed E-state index contributed by atoms with van der Waals surface area (Å²) in [5.74, 6) is 0.101. The number of aryl methyl sites for hydroxylation is 2. The molecule has 7 nitrogen and oxygen atoms in total. The zero-order chi connectivity index (χ0) is 21.4. The molecule has 0 saturated carbocycles. The lowest BCUT2D eigenvalue weighted by Gasteiger charge is -2.18. The molecule has 0 atom stereocenters. The SMILES string of the molecule is CN(Cc1ccccc1)c1nc2c(c(=O)n(Cc3ccccc3F)c(=O)n2C)n1C. The molecule has 0 spiro atoms. The van der Waals surface area contributed by atoms with Crippen LogP contribution in [0.3, 0.4) is 0 Å². The van der Waals surface area contributed by atoms with Gasteiger partial charge in [-0.05, 0) is 11.6 Å². The first-order valence-electron chi connectivity index (χ1n) is 9.53. The number of fused-ring (bicyclic) bond motifs is 1. The highest BCUT2D eigenvalue weighted by Crippen LogP contribution is 2.19. The maximum atomic E-state index is 14.1. The number of aromatic nitrogens is 4. The Morgan fingerprint density at radius 1 is 0.967 bits per heavy atom. The minimum atomic E-state index is -0.536. The van der Waals surface area contributed by atoms with Gasteiger partial charge in [0.25, 0.3) is 5.56 Å². The van der Waals surface area contributed by atoms with Crippen molar-refractivity contribution in [1.29, 1.82) is 0 Å². The highest BCUT2D eigenvalue weighted by Gasteiger charge is 2.21. The Bertz CT molecular complexity index is 1340. The molecule has 0 unspecified atom stereocenters. The van der Waals surface area contributed by atoms with Crippen LogP contribution in [0.15, 0.2) is 64.2 Å². The van der Waals surface area contributed by atoms with Gasteiger partial charge in [0.2, 0.25) is 5.95 Å². The van der Waals surface area contributed by atoms with Crippen molar-refractivity contribution in [2.75, 3.05) is 11.9 Å². The number of hydrogen-bond donors (Lipinski definition) is 0. The van der Waals surface area contributed by atoms with Crippen molar-refractivity contribution in [2.45, 2.75) is 13.1 Å². The summed E-state index contributed by atoms with van der Waals surface area (Å²) >= 11 is 0. The molecular formula is C22H22FN5O2. The van der Waals surface area contributed by atoms with Crippen LogP contribution in [0.5, 0.6) is 0 Å². The van der Waals surface area contributed by atoms with Gasteiger partial charge >= 0.3 is 5.69 Å². The van der Waals surface area contributed by atoms with Crippen LogP contribution in [0.25, 0.3) is 11.2 Å². The van der Waals surface area contributed by atoms with Crippen molar-refractivity contribution < 1.29 is 4.39 Å². The van der Waals surface area contributed by atoms with Gasteiger partial charge in [-0.1, -0.05) is 48.5 Å². The number of nitrogens with zero attached hydrogens (tertiary/aromatic N) is 5. The maximum absolute atomic E-state index is 14.1. The molecule has 2 heterocycles. The molecule has 0 radical (unpaired) electrons. The van der Waals surface area contributed by atoms with E-state index in [1.165, 1.54) is 10.6 Å². The molecule has 0 bridgehead atoms. The normalized spacial score (nSPS) is 11.2. The summed E-state index contributed by atoms with van der Waals surface area (Å²) in [4.78, 5) is 32.5. The molecule has 30 heavy (non-hydrogen) atoms. The molecule has 0 aliphatic heterocycles. The second-order valence-electron chi connectivity index (χ2n) is 7.31. The molecule has 2 aromatic carbocycles. The summed E-state index contributed by atoms with van der Waals surface area (Å²) in [7, 11) is 5.19. The van der Waals surface area contributed by atoms with Crippen LogP contribution in [-0.2, 0) is 27.2 Å². The van der Waals surface area contributed by atoms with Crippen LogP contribution >= 0.6 is 0 Å². The van der Waals surface area contributed by atoms with E-state index in [-0.39, 0.29) is 12.1 Å². The van der Waals surface area contributed by atoms with E-state index in [9.17, 15) is 14.0 Å². The van der Waals surface area contributed by atoms with Crippen LogP contribution < -0.4 is 16.1 Å². The second kappa shape index (κ2) is 7.62. The van der Waals surface area contributed by atoms with Crippen LogP contribution in [-0.4, -0.2) is 25.7 Å². The minimum Gasteiger partial charge on any atom is -0.341 e. The summed E-state index contributed by atoms with van der Waals surface area (Å²) in [6.07, 6.45) is 0. The fraction of sp³-hybridized carbons (Fsp3) is 0.227. The van der Waals surface area contributed by atoms with E-state index in [0.29, 0.717) is 23.7 Å². The van der Waals surface area contributed by atoms with E-state index in [4.69, 9.17) is 0 Å². The van der Waals surface area contributed by atoms with Crippen LogP contribution in [0.4, 0.5) is 10.3 Å². The average Bonchev–Trinajstić information content (AvgIpc) is 3.09. The van der Waals surface area contributed by atoms with Crippen molar-refractivity contribution in [3.05, 3.63) is 92.4 Å². The molecule has 4 aromatic rings. The van der Waals surface area contributed by atoms with E-state index < -0.39 is 17.1 Å². The number of anilines is 1. The second-order valence-corrected chi connectivity index (χ2v) is 7.31. The molecule has 0 N–H and O–H groups in total. The lowest BCUT2D eigenvalue weighted by atomic mass is 10.2. The molecule has 8 heteroatoms. The van der Waals surface area contributed by atoms with Crippen LogP contribution in [0.2, 0.25) is 0 Å². The van der Waals surface area contributed by atoms with E-state index >= 15 is 0 Å². The van der Waals surface area contributed by atoms with Crippen molar-refractivity contribution in [1.82, 2.24) is 18.7 Å². The molecule has 0 aliphatic carbocycles. The molecule has 2 aromatic heterocycles. The monoisotopic (exact) mass is 407 g/mol. The summed E-state index contributed by atoms with van der Waals surface area (Å²) in [6.45, 7) is 0.448. The van der Waals surface area contributed by atoms with Gasteiger partial charge in [0.1, 0.15) is 5.82 Å². The minimum absolute atomic E-state index is 0.144. The quantitative estimate of drug-likeness (QED) is 0.509. The third kappa shape index (κ3) is 3.30. The van der Waals surface area contributed by atoms with Crippen molar-refractivity contribution in [3.8, 4) is 0 Å². The van der Waals surface area contributed by atoms with Gasteiger partial charge in [-0.3, -0.25) is 13.9 Å². The van der Waals surface area contributed by atoms with Crippen LogP contribution in [0, 0.1) is 5.82 Å². The smallest absolute Gasteiger partial charge is 0.332 e. The Morgan fingerprint density at radius 2 is 1.63 bits per heavy atom. The zero-order valence-corrected chi connectivity index (χ0v) is 17.0. The third-order valence-electron chi connectivity index (χ3n) is 5.23. The Kier molecular flexibility index (Phi) is 4.99. The first-order chi connectivity index (χ1) is 14.4. The lowest BCUT2D eigenvalue weighted by molar-refractivity contribution is 0.582. The number of imidazole rings is 1. The standard InChI is InChI=1S/C22H22FN5O2/c1-25(13-15-9-5-4-6-10-15)21-24-19-18(26(21)2)20(29)28(22(30)27(19)3)14-16-11-7-8-12-17(16)23/h4-12H,13-14H2,1-3H3. The van der Waals surface area contributed by atoms with E-state index in [1.807, 2.05) is 42.3 Å². The van der Waals surface area contributed by atoms with Gasteiger partial charge in [-0.2, -0.15) is 4.98 Å². The number of halogens is 1. The van der Waals surface area contributed by atoms with E-state index in [1.54, 1.807) is 36.9 Å². The highest BCUT2D eigenvalue weighted by molar-refractivity contribution is 5.74.